The highest BCUT2D eigenvalue weighted by atomic mass is 19.1. The molecule has 1 unspecified atom stereocenters. The Bertz CT molecular complexity index is 1780. The van der Waals surface area contributed by atoms with Crippen LogP contribution in [0.25, 0.3) is 22.3 Å². The number of imidazole rings is 1. The predicted octanol–water partition coefficient (Wildman–Crippen LogP) is 2.72. The summed E-state index contributed by atoms with van der Waals surface area (Å²) in [4.78, 5) is 31.2. The Hall–Kier alpha value is -4.91. The van der Waals surface area contributed by atoms with Crippen molar-refractivity contribution in [2.75, 3.05) is 0 Å². The fourth-order valence-electron chi connectivity index (χ4n) is 4.70. The molecular weight excluding hydrogens is 481 g/mol. The van der Waals surface area contributed by atoms with Crippen LogP contribution in [0.2, 0.25) is 0 Å². The smallest absolute Gasteiger partial charge is 0.390 e. The highest BCUT2D eigenvalue weighted by Crippen LogP contribution is 2.37. The van der Waals surface area contributed by atoms with Crippen molar-refractivity contribution in [3.8, 4) is 11.4 Å². The lowest BCUT2D eigenvalue weighted by Crippen LogP contribution is -2.35. The van der Waals surface area contributed by atoms with Gasteiger partial charge in [-0.3, -0.25) is 10.3 Å². The molecular formula is C24H18FN9O3. The minimum atomic E-state index is -0.632. The van der Waals surface area contributed by atoms with Gasteiger partial charge >= 0.3 is 5.76 Å². The van der Waals surface area contributed by atoms with E-state index < -0.39 is 17.6 Å². The minimum Gasteiger partial charge on any atom is -0.390 e. The maximum Gasteiger partial charge on any atom is 0.434 e. The fraction of sp³-hybridized carbons (Fsp3) is 0.167. The number of rotatable bonds is 5. The molecule has 6 aromatic rings. The summed E-state index contributed by atoms with van der Waals surface area (Å²) in [5.74, 6) is 0.603. The number of benzene rings is 1. The summed E-state index contributed by atoms with van der Waals surface area (Å²) in [6.45, 7) is 0. The van der Waals surface area contributed by atoms with Crippen molar-refractivity contribution in [2.45, 2.75) is 24.9 Å². The van der Waals surface area contributed by atoms with Crippen LogP contribution >= 0.6 is 0 Å². The summed E-state index contributed by atoms with van der Waals surface area (Å²) in [5.41, 5.74) is 4.12. The number of aromatic amines is 3. The number of nitrogens with one attached hydrogen (secondary N) is 4. The van der Waals surface area contributed by atoms with Gasteiger partial charge in [-0.2, -0.15) is 4.98 Å². The number of hydrogen-bond donors (Lipinski definition) is 4. The van der Waals surface area contributed by atoms with Crippen LogP contribution in [-0.4, -0.2) is 40.3 Å². The minimum absolute atomic E-state index is 0.212. The topological polar surface area (TPSA) is 167 Å². The molecule has 0 spiro atoms. The second-order valence-electron chi connectivity index (χ2n) is 8.70. The third-order valence-electron chi connectivity index (χ3n) is 6.36. The molecule has 0 saturated heterocycles. The number of aromatic nitrogens is 8. The van der Waals surface area contributed by atoms with E-state index >= 15 is 0 Å². The zero-order valence-electron chi connectivity index (χ0n) is 19.0. The summed E-state index contributed by atoms with van der Waals surface area (Å²) < 4.78 is 24.0. The molecule has 0 fully saturated rings. The van der Waals surface area contributed by atoms with Crippen molar-refractivity contribution in [3.63, 3.8) is 0 Å². The average molecular weight is 499 g/mol. The van der Waals surface area contributed by atoms with Gasteiger partial charge in [-0.05, 0) is 30.2 Å². The van der Waals surface area contributed by atoms with Gasteiger partial charge in [0.1, 0.15) is 17.7 Å². The van der Waals surface area contributed by atoms with Gasteiger partial charge in [0.25, 0.3) is 0 Å². The van der Waals surface area contributed by atoms with E-state index in [-0.39, 0.29) is 18.4 Å². The predicted molar refractivity (Wildman–Crippen MR) is 126 cm³/mol. The Kier molecular flexibility index (Phi) is 4.82. The van der Waals surface area contributed by atoms with Gasteiger partial charge in [-0.1, -0.05) is 23.4 Å². The molecule has 184 valence electrons. The molecule has 6 heterocycles. The zero-order valence-corrected chi connectivity index (χ0v) is 19.0. The Morgan fingerprint density at radius 2 is 2.00 bits per heavy atom. The van der Waals surface area contributed by atoms with Crippen molar-refractivity contribution in [1.29, 1.82) is 0 Å². The number of fused-ring (bicyclic) bond motifs is 3. The van der Waals surface area contributed by atoms with E-state index in [1.54, 1.807) is 12.3 Å². The van der Waals surface area contributed by atoms with Gasteiger partial charge in [0.05, 0.1) is 36.2 Å². The molecule has 0 radical (unpaired) electrons. The lowest BCUT2D eigenvalue weighted by Gasteiger charge is -2.27. The summed E-state index contributed by atoms with van der Waals surface area (Å²) in [6, 6.07) is 10.0. The first-order valence-corrected chi connectivity index (χ1v) is 11.5. The first-order chi connectivity index (χ1) is 18.1. The van der Waals surface area contributed by atoms with E-state index in [1.807, 2.05) is 24.3 Å². The monoisotopic (exact) mass is 499 g/mol. The molecule has 4 N–H and O–H groups in total. The van der Waals surface area contributed by atoms with Crippen LogP contribution in [0.1, 0.15) is 46.8 Å². The van der Waals surface area contributed by atoms with Crippen LogP contribution in [0.5, 0.6) is 0 Å². The highest BCUT2D eigenvalue weighted by molar-refractivity contribution is 5.85. The van der Waals surface area contributed by atoms with Gasteiger partial charge in [0, 0.05) is 16.6 Å². The molecule has 0 saturated carbocycles. The van der Waals surface area contributed by atoms with Crippen LogP contribution in [0, 0.1) is 5.82 Å². The first kappa shape index (κ1) is 21.4. The average Bonchev–Trinajstić information content (AvgIpc) is 3.71. The lowest BCUT2D eigenvalue weighted by atomic mass is 9.93. The Morgan fingerprint density at radius 3 is 2.84 bits per heavy atom. The third-order valence-corrected chi connectivity index (χ3v) is 6.36. The second-order valence-corrected chi connectivity index (χ2v) is 8.70. The van der Waals surface area contributed by atoms with Gasteiger partial charge in [-0.25, -0.2) is 19.3 Å². The number of halogens is 1. The third kappa shape index (κ3) is 3.81. The normalized spacial score (nSPS) is 17.3. The zero-order chi connectivity index (χ0) is 24.9. The Labute approximate surface area is 206 Å². The van der Waals surface area contributed by atoms with Gasteiger partial charge in [-0.15, -0.1) is 5.10 Å². The Balaban J connectivity index is 1.17. The number of pyridine rings is 1. The molecule has 2 atom stereocenters. The summed E-state index contributed by atoms with van der Waals surface area (Å²) in [7, 11) is 0. The lowest BCUT2D eigenvalue weighted by molar-refractivity contribution is 0.337. The van der Waals surface area contributed by atoms with Crippen molar-refractivity contribution in [3.05, 3.63) is 99.8 Å². The van der Waals surface area contributed by atoms with Crippen LogP contribution in [0.4, 0.5) is 4.39 Å². The van der Waals surface area contributed by atoms with Gasteiger partial charge < -0.3 is 18.9 Å². The van der Waals surface area contributed by atoms with Gasteiger partial charge in [0.2, 0.25) is 11.8 Å². The SMILES string of the molecule is O=c1[nH]nc(C2N[C@@H](c3noc(Cc4ncc(-c5ccc(F)cn5)[nH]4)n3)Cc3c2[nH]c2ccccc32)o1. The van der Waals surface area contributed by atoms with Gasteiger partial charge in [0.15, 0.2) is 5.82 Å². The maximum absolute atomic E-state index is 13.2. The highest BCUT2D eigenvalue weighted by Gasteiger charge is 2.36. The Morgan fingerprint density at radius 1 is 1.08 bits per heavy atom. The van der Waals surface area contributed by atoms with Crippen molar-refractivity contribution < 1.29 is 13.3 Å². The molecule has 0 bridgehead atoms. The fourth-order valence-corrected chi connectivity index (χ4v) is 4.70. The number of hydrogen-bond acceptors (Lipinski definition) is 9. The molecule has 1 aromatic carbocycles. The number of para-hydroxylation sites is 1. The number of nitrogens with zero attached hydrogens (tertiary/aromatic N) is 5. The van der Waals surface area contributed by atoms with Crippen molar-refractivity contribution in [2.24, 2.45) is 0 Å². The van der Waals surface area contributed by atoms with E-state index in [0.29, 0.717) is 35.3 Å². The van der Waals surface area contributed by atoms with Crippen molar-refractivity contribution >= 4 is 10.9 Å². The quantitative estimate of drug-likeness (QED) is 0.279. The first-order valence-electron chi connectivity index (χ1n) is 11.5. The van der Waals surface area contributed by atoms with E-state index in [4.69, 9.17) is 8.94 Å². The largest absolute Gasteiger partial charge is 0.434 e. The standard InChI is InChI=1S/C24H18FN9O3/c25-11-5-6-15(26-9-11)17-10-27-18(28-17)8-19-31-22(34-37-19)16-7-13-12-3-1-2-4-14(12)29-20(13)21(30-16)23-32-33-24(35)36-23/h1-6,9-10,16,21,29-30H,7-8H2,(H,27,28)(H,33,35)/t16-,21?/m1/s1. The molecule has 7 rings (SSSR count). The molecule has 5 aromatic heterocycles. The van der Waals surface area contributed by atoms with E-state index in [2.05, 4.69) is 45.6 Å². The van der Waals surface area contributed by atoms with Crippen molar-refractivity contribution in [1.82, 2.24) is 45.6 Å². The molecule has 0 aliphatic carbocycles. The van der Waals surface area contributed by atoms with E-state index in [0.717, 1.165) is 28.4 Å². The van der Waals surface area contributed by atoms with Crippen LogP contribution in [0.15, 0.2) is 62.5 Å². The molecule has 12 nitrogen and oxygen atoms in total. The molecule has 13 heteroatoms. The molecule has 0 amide bonds. The van der Waals surface area contributed by atoms with Crippen LogP contribution in [-0.2, 0) is 12.8 Å². The van der Waals surface area contributed by atoms with E-state index in [1.165, 1.54) is 6.07 Å². The molecule has 1 aliphatic rings. The molecule has 1 aliphatic heterocycles. The number of H-pyrrole nitrogens is 3. The summed E-state index contributed by atoms with van der Waals surface area (Å²) in [6.07, 6.45) is 3.63. The van der Waals surface area contributed by atoms with Crippen LogP contribution < -0.4 is 11.1 Å². The summed E-state index contributed by atoms with van der Waals surface area (Å²) >= 11 is 0. The second kappa shape index (κ2) is 8.34. The van der Waals surface area contributed by atoms with E-state index in [9.17, 15) is 9.18 Å². The van der Waals surface area contributed by atoms with Crippen LogP contribution in [0.3, 0.4) is 0 Å². The molecule has 37 heavy (non-hydrogen) atoms. The maximum atomic E-state index is 13.2. The summed E-state index contributed by atoms with van der Waals surface area (Å²) in [5, 5.41) is 15.1.